The molecule has 2 aromatic rings. The maximum Gasteiger partial charge on any atom is 0.0995 e. The zero-order chi connectivity index (χ0) is 11.5. The molecule has 0 spiro atoms. The normalized spacial score (nSPS) is 11.1. The second-order valence-electron chi connectivity index (χ2n) is 3.63. The van der Waals surface area contributed by atoms with Crippen molar-refractivity contribution in [2.24, 2.45) is 4.99 Å². The third kappa shape index (κ3) is 1.95. The number of nitrogen functional groups attached to an aromatic ring is 1. The number of hydrogen-bond donors (Lipinski definition) is 1. The molecule has 0 aliphatic rings. The molecule has 0 amide bonds. The predicted octanol–water partition coefficient (Wildman–Crippen LogP) is 1.81. The Bertz CT molecular complexity index is 526. The van der Waals surface area contributed by atoms with Gasteiger partial charge in [-0.05, 0) is 25.1 Å². The van der Waals surface area contributed by atoms with Gasteiger partial charge >= 0.3 is 0 Å². The van der Waals surface area contributed by atoms with Gasteiger partial charge in [0.2, 0.25) is 0 Å². The van der Waals surface area contributed by atoms with Gasteiger partial charge in [0.1, 0.15) is 0 Å². The van der Waals surface area contributed by atoms with Gasteiger partial charge in [-0.3, -0.25) is 4.99 Å². The summed E-state index contributed by atoms with van der Waals surface area (Å²) in [7, 11) is 1.74. The first-order valence-electron chi connectivity index (χ1n) is 5.03. The highest BCUT2D eigenvalue weighted by Gasteiger charge is 2.03. The van der Waals surface area contributed by atoms with E-state index >= 15 is 0 Å². The van der Waals surface area contributed by atoms with Crippen LogP contribution in [0.2, 0.25) is 0 Å². The van der Waals surface area contributed by atoms with Gasteiger partial charge in [0.25, 0.3) is 0 Å². The zero-order valence-corrected chi connectivity index (χ0v) is 9.38. The van der Waals surface area contributed by atoms with Crippen molar-refractivity contribution < 1.29 is 0 Å². The summed E-state index contributed by atoms with van der Waals surface area (Å²) in [6.07, 6.45) is 5.55. The first-order valence-corrected chi connectivity index (χ1v) is 5.03. The van der Waals surface area contributed by atoms with E-state index in [0.29, 0.717) is 0 Å². The lowest BCUT2D eigenvalue weighted by Crippen LogP contribution is -1.98. The van der Waals surface area contributed by atoms with Crippen LogP contribution in [0.25, 0.3) is 5.69 Å². The fourth-order valence-corrected chi connectivity index (χ4v) is 1.60. The van der Waals surface area contributed by atoms with Crippen LogP contribution in [0, 0.1) is 6.92 Å². The Morgan fingerprint density at radius 1 is 1.44 bits per heavy atom. The molecule has 16 heavy (non-hydrogen) atoms. The molecular formula is C12H14N4. The first-order chi connectivity index (χ1) is 7.70. The van der Waals surface area contributed by atoms with Crippen molar-refractivity contribution in [3.05, 3.63) is 42.0 Å². The van der Waals surface area contributed by atoms with Crippen LogP contribution >= 0.6 is 0 Å². The van der Waals surface area contributed by atoms with Crippen molar-refractivity contribution in [2.45, 2.75) is 6.92 Å². The Kier molecular flexibility index (Phi) is 2.72. The van der Waals surface area contributed by atoms with Gasteiger partial charge in [-0.2, -0.15) is 0 Å². The number of aromatic nitrogens is 2. The molecule has 2 N–H and O–H groups in total. The molecule has 0 unspecified atom stereocenters. The van der Waals surface area contributed by atoms with E-state index in [-0.39, 0.29) is 0 Å². The van der Waals surface area contributed by atoms with Gasteiger partial charge in [-0.1, -0.05) is 0 Å². The van der Waals surface area contributed by atoms with Crippen molar-refractivity contribution >= 4 is 11.9 Å². The Morgan fingerprint density at radius 3 is 2.88 bits per heavy atom. The SMILES string of the molecule is C/N=C/c1cc(N)ccc1-n1cnc(C)c1. The van der Waals surface area contributed by atoms with Crippen molar-refractivity contribution in [1.29, 1.82) is 0 Å². The summed E-state index contributed by atoms with van der Waals surface area (Å²) in [5, 5.41) is 0. The van der Waals surface area contributed by atoms with Crippen molar-refractivity contribution in [2.75, 3.05) is 12.8 Å². The summed E-state index contributed by atoms with van der Waals surface area (Å²) in [6, 6.07) is 5.74. The van der Waals surface area contributed by atoms with Gasteiger partial charge in [0.05, 0.1) is 17.7 Å². The summed E-state index contributed by atoms with van der Waals surface area (Å²) < 4.78 is 1.96. The highest BCUT2D eigenvalue weighted by Crippen LogP contribution is 2.16. The quantitative estimate of drug-likeness (QED) is 0.612. The average molecular weight is 214 g/mol. The van der Waals surface area contributed by atoms with E-state index in [9.17, 15) is 0 Å². The number of aliphatic imine (C=N–C) groups is 1. The molecule has 4 heteroatoms. The van der Waals surface area contributed by atoms with Gasteiger partial charge < -0.3 is 10.3 Å². The van der Waals surface area contributed by atoms with Crippen LogP contribution in [0.15, 0.2) is 35.7 Å². The van der Waals surface area contributed by atoms with Crippen LogP contribution in [0.3, 0.4) is 0 Å². The molecule has 0 radical (unpaired) electrons. The minimum Gasteiger partial charge on any atom is -0.399 e. The highest BCUT2D eigenvalue weighted by atomic mass is 15.0. The molecule has 1 heterocycles. The summed E-state index contributed by atoms with van der Waals surface area (Å²) in [4.78, 5) is 8.23. The minimum atomic E-state index is 0.732. The Balaban J connectivity index is 2.55. The first kappa shape index (κ1) is 10.4. The minimum absolute atomic E-state index is 0.732. The number of nitrogens with zero attached hydrogens (tertiary/aromatic N) is 3. The van der Waals surface area contributed by atoms with E-state index in [1.807, 2.05) is 35.9 Å². The second kappa shape index (κ2) is 4.18. The number of aryl methyl sites for hydroxylation is 1. The lowest BCUT2D eigenvalue weighted by atomic mass is 10.1. The molecule has 0 saturated carbocycles. The van der Waals surface area contributed by atoms with Crippen LogP contribution in [0.4, 0.5) is 5.69 Å². The molecular weight excluding hydrogens is 200 g/mol. The third-order valence-corrected chi connectivity index (χ3v) is 2.31. The van der Waals surface area contributed by atoms with E-state index in [0.717, 1.165) is 22.6 Å². The monoisotopic (exact) mass is 214 g/mol. The summed E-state index contributed by atoms with van der Waals surface area (Å²) in [6.45, 7) is 1.96. The number of rotatable bonds is 2. The topological polar surface area (TPSA) is 56.2 Å². The predicted molar refractivity (Wildman–Crippen MR) is 66.2 cm³/mol. The average Bonchev–Trinajstić information content (AvgIpc) is 2.65. The molecule has 1 aromatic heterocycles. The number of benzene rings is 1. The van der Waals surface area contributed by atoms with E-state index < -0.39 is 0 Å². The fraction of sp³-hybridized carbons (Fsp3) is 0.167. The van der Waals surface area contributed by atoms with Gasteiger partial charge in [-0.25, -0.2) is 4.98 Å². The number of hydrogen-bond acceptors (Lipinski definition) is 3. The highest BCUT2D eigenvalue weighted by molar-refractivity contribution is 5.86. The largest absolute Gasteiger partial charge is 0.399 e. The van der Waals surface area contributed by atoms with Crippen LogP contribution < -0.4 is 5.73 Å². The van der Waals surface area contributed by atoms with Crippen LogP contribution in [-0.2, 0) is 0 Å². The van der Waals surface area contributed by atoms with Crippen LogP contribution in [-0.4, -0.2) is 22.8 Å². The molecule has 0 atom stereocenters. The molecule has 0 fully saturated rings. The van der Waals surface area contributed by atoms with E-state index in [1.54, 1.807) is 19.6 Å². The van der Waals surface area contributed by atoms with E-state index in [1.165, 1.54) is 0 Å². The number of nitrogens with two attached hydrogens (primary N) is 1. The maximum absolute atomic E-state index is 5.75. The molecule has 82 valence electrons. The van der Waals surface area contributed by atoms with Crippen molar-refractivity contribution in [3.8, 4) is 5.69 Å². The molecule has 4 nitrogen and oxygen atoms in total. The van der Waals surface area contributed by atoms with Gasteiger partial charge in [0, 0.05) is 30.7 Å². The van der Waals surface area contributed by atoms with E-state index in [2.05, 4.69) is 9.98 Å². The molecule has 1 aromatic carbocycles. The smallest absolute Gasteiger partial charge is 0.0995 e. The van der Waals surface area contributed by atoms with Crippen molar-refractivity contribution in [1.82, 2.24) is 9.55 Å². The summed E-state index contributed by atoms with van der Waals surface area (Å²) >= 11 is 0. The fourth-order valence-electron chi connectivity index (χ4n) is 1.60. The molecule has 0 aliphatic heterocycles. The molecule has 2 rings (SSSR count). The molecule has 0 aliphatic carbocycles. The lowest BCUT2D eigenvalue weighted by molar-refractivity contribution is 1.05. The van der Waals surface area contributed by atoms with Crippen molar-refractivity contribution in [3.63, 3.8) is 0 Å². The lowest BCUT2D eigenvalue weighted by Gasteiger charge is -2.07. The maximum atomic E-state index is 5.75. The summed E-state index contributed by atoms with van der Waals surface area (Å²) in [5.41, 5.74) is 9.48. The van der Waals surface area contributed by atoms with Crippen LogP contribution in [0.1, 0.15) is 11.3 Å². The number of imidazole rings is 1. The van der Waals surface area contributed by atoms with Gasteiger partial charge in [0.15, 0.2) is 0 Å². The van der Waals surface area contributed by atoms with E-state index in [4.69, 9.17) is 5.73 Å². The number of anilines is 1. The second-order valence-corrected chi connectivity index (χ2v) is 3.63. The summed E-state index contributed by atoms with van der Waals surface area (Å²) in [5.74, 6) is 0. The molecule has 0 saturated heterocycles. The Labute approximate surface area is 94.5 Å². The van der Waals surface area contributed by atoms with Crippen LogP contribution in [0.5, 0.6) is 0 Å². The zero-order valence-electron chi connectivity index (χ0n) is 9.38. The van der Waals surface area contributed by atoms with Gasteiger partial charge in [-0.15, -0.1) is 0 Å². The standard InChI is InChI=1S/C12H14N4/c1-9-7-16(8-15-9)12-4-3-11(13)5-10(12)6-14-2/h3-8H,13H2,1-2H3/b14-6+. The molecule has 0 bridgehead atoms. The Morgan fingerprint density at radius 2 is 2.25 bits per heavy atom. The Hall–Kier alpha value is -2.10. The third-order valence-electron chi connectivity index (χ3n) is 2.31.